The molecule has 0 aromatic heterocycles. The van der Waals surface area contributed by atoms with Gasteiger partial charge in [0, 0.05) is 33.2 Å². The normalized spacial score (nSPS) is 16.4. The summed E-state index contributed by atoms with van der Waals surface area (Å²) in [6.07, 6.45) is 1.09. The SMILES string of the molecule is CCOC(=O)C1CCN(C(=NC)NCCNC(=O)OC(C)(C)C)CC1. The van der Waals surface area contributed by atoms with E-state index in [9.17, 15) is 9.59 Å². The van der Waals surface area contributed by atoms with E-state index in [1.165, 1.54) is 0 Å². The lowest BCUT2D eigenvalue weighted by molar-refractivity contribution is -0.149. The molecule has 0 spiro atoms. The number of guanidine groups is 1. The van der Waals surface area contributed by atoms with Gasteiger partial charge in [0.2, 0.25) is 0 Å². The van der Waals surface area contributed by atoms with Crippen LogP contribution in [0.25, 0.3) is 0 Å². The van der Waals surface area contributed by atoms with E-state index < -0.39 is 11.7 Å². The quantitative estimate of drug-likeness (QED) is 0.334. The first-order chi connectivity index (χ1) is 11.8. The zero-order valence-corrected chi connectivity index (χ0v) is 16.1. The van der Waals surface area contributed by atoms with Crippen LogP contribution in [0.4, 0.5) is 4.79 Å². The molecule has 1 amide bonds. The molecule has 144 valence electrons. The minimum absolute atomic E-state index is 0.0249. The molecule has 0 aromatic carbocycles. The average molecular weight is 356 g/mol. The third-order valence-electron chi connectivity index (χ3n) is 3.70. The molecule has 1 aliphatic rings. The van der Waals surface area contributed by atoms with E-state index in [1.807, 2.05) is 27.7 Å². The third-order valence-corrected chi connectivity index (χ3v) is 3.70. The smallest absolute Gasteiger partial charge is 0.407 e. The van der Waals surface area contributed by atoms with Crippen LogP contribution < -0.4 is 10.6 Å². The lowest BCUT2D eigenvalue weighted by atomic mass is 9.97. The van der Waals surface area contributed by atoms with Crippen molar-refractivity contribution < 1.29 is 19.1 Å². The van der Waals surface area contributed by atoms with Crippen LogP contribution in [-0.4, -0.2) is 68.4 Å². The lowest BCUT2D eigenvalue weighted by Gasteiger charge is -2.33. The Hall–Kier alpha value is -1.99. The van der Waals surface area contributed by atoms with Gasteiger partial charge in [-0.1, -0.05) is 0 Å². The van der Waals surface area contributed by atoms with Crippen molar-refractivity contribution in [3.63, 3.8) is 0 Å². The van der Waals surface area contributed by atoms with Crippen LogP contribution in [0.1, 0.15) is 40.5 Å². The molecule has 0 radical (unpaired) electrons. The number of hydrogen-bond acceptors (Lipinski definition) is 5. The molecule has 8 heteroatoms. The number of carbonyl (C=O) groups excluding carboxylic acids is 2. The van der Waals surface area contributed by atoms with Crippen molar-refractivity contribution >= 4 is 18.0 Å². The molecule has 1 rings (SSSR count). The Labute approximate surface area is 150 Å². The van der Waals surface area contributed by atoms with Gasteiger partial charge in [-0.15, -0.1) is 0 Å². The summed E-state index contributed by atoms with van der Waals surface area (Å²) in [5, 5.41) is 5.92. The number of nitrogens with zero attached hydrogens (tertiary/aromatic N) is 2. The second-order valence-electron chi connectivity index (χ2n) is 6.92. The molecule has 0 bridgehead atoms. The zero-order valence-electron chi connectivity index (χ0n) is 16.1. The van der Waals surface area contributed by atoms with E-state index in [2.05, 4.69) is 20.5 Å². The Balaban J connectivity index is 2.29. The molecule has 25 heavy (non-hydrogen) atoms. The highest BCUT2D eigenvalue weighted by atomic mass is 16.6. The van der Waals surface area contributed by atoms with Gasteiger partial charge in [0.25, 0.3) is 0 Å². The van der Waals surface area contributed by atoms with Gasteiger partial charge in [0.05, 0.1) is 12.5 Å². The van der Waals surface area contributed by atoms with Crippen LogP contribution in [0.15, 0.2) is 4.99 Å². The highest BCUT2D eigenvalue weighted by Gasteiger charge is 2.27. The maximum atomic E-state index is 11.8. The molecule has 1 saturated heterocycles. The Morgan fingerprint density at radius 1 is 1.16 bits per heavy atom. The van der Waals surface area contributed by atoms with E-state index in [-0.39, 0.29) is 11.9 Å². The van der Waals surface area contributed by atoms with Crippen LogP contribution in [0.5, 0.6) is 0 Å². The summed E-state index contributed by atoms with van der Waals surface area (Å²) in [5.41, 5.74) is -0.503. The molecule has 1 fully saturated rings. The van der Waals surface area contributed by atoms with Crippen LogP contribution in [0.2, 0.25) is 0 Å². The summed E-state index contributed by atoms with van der Waals surface area (Å²) in [4.78, 5) is 29.7. The summed E-state index contributed by atoms with van der Waals surface area (Å²) < 4.78 is 10.3. The van der Waals surface area contributed by atoms with E-state index in [1.54, 1.807) is 7.05 Å². The van der Waals surface area contributed by atoms with Gasteiger partial charge in [-0.3, -0.25) is 9.79 Å². The number of carbonyl (C=O) groups is 2. The van der Waals surface area contributed by atoms with E-state index in [0.29, 0.717) is 19.7 Å². The molecular formula is C17H32N4O4. The van der Waals surface area contributed by atoms with Crippen molar-refractivity contribution in [2.24, 2.45) is 10.9 Å². The molecule has 8 nitrogen and oxygen atoms in total. The van der Waals surface area contributed by atoms with Crippen LogP contribution in [0, 0.1) is 5.92 Å². The summed E-state index contributed by atoms with van der Waals surface area (Å²) in [6.45, 7) is 10.2. The van der Waals surface area contributed by atoms with Crippen molar-refractivity contribution in [3.05, 3.63) is 0 Å². The molecule has 0 unspecified atom stereocenters. The second-order valence-corrected chi connectivity index (χ2v) is 6.92. The molecule has 0 saturated carbocycles. The van der Waals surface area contributed by atoms with Gasteiger partial charge in [-0.2, -0.15) is 0 Å². The highest BCUT2D eigenvalue weighted by molar-refractivity contribution is 5.80. The second kappa shape index (κ2) is 10.1. The predicted octanol–water partition coefficient (Wildman–Crippen LogP) is 1.36. The lowest BCUT2D eigenvalue weighted by Crippen LogP contribution is -2.48. The Bertz CT molecular complexity index is 466. The number of piperidine rings is 1. The molecule has 2 N–H and O–H groups in total. The number of aliphatic imine (C=N–C) groups is 1. The van der Waals surface area contributed by atoms with Gasteiger partial charge in [-0.25, -0.2) is 4.79 Å². The zero-order chi connectivity index (χ0) is 18.9. The van der Waals surface area contributed by atoms with E-state index >= 15 is 0 Å². The van der Waals surface area contributed by atoms with Crippen molar-refractivity contribution in [3.8, 4) is 0 Å². The number of alkyl carbamates (subject to hydrolysis) is 1. The van der Waals surface area contributed by atoms with Crippen LogP contribution >= 0.6 is 0 Å². The number of rotatable bonds is 5. The van der Waals surface area contributed by atoms with Gasteiger partial charge in [-0.05, 0) is 40.5 Å². The van der Waals surface area contributed by atoms with Crippen molar-refractivity contribution in [2.45, 2.75) is 46.1 Å². The summed E-state index contributed by atoms with van der Waals surface area (Å²) in [6, 6.07) is 0. The molecule has 1 aliphatic heterocycles. The molecule has 0 aromatic rings. The monoisotopic (exact) mass is 356 g/mol. The Morgan fingerprint density at radius 3 is 2.28 bits per heavy atom. The fourth-order valence-corrected chi connectivity index (χ4v) is 2.57. The highest BCUT2D eigenvalue weighted by Crippen LogP contribution is 2.18. The summed E-state index contributed by atoms with van der Waals surface area (Å²) in [7, 11) is 1.72. The topological polar surface area (TPSA) is 92.3 Å². The number of nitrogens with one attached hydrogen (secondary N) is 2. The number of ether oxygens (including phenoxy) is 2. The van der Waals surface area contributed by atoms with Crippen LogP contribution in [0.3, 0.4) is 0 Å². The number of likely N-dealkylation sites (tertiary alicyclic amines) is 1. The maximum absolute atomic E-state index is 11.8. The average Bonchev–Trinajstić information content (AvgIpc) is 2.54. The maximum Gasteiger partial charge on any atom is 0.407 e. The van der Waals surface area contributed by atoms with Crippen molar-refractivity contribution in [2.75, 3.05) is 39.8 Å². The Kier molecular flexibility index (Phi) is 8.51. The van der Waals surface area contributed by atoms with Gasteiger partial charge >= 0.3 is 12.1 Å². The van der Waals surface area contributed by atoms with Gasteiger partial charge < -0.3 is 25.0 Å². The number of hydrogen-bond donors (Lipinski definition) is 2. The van der Waals surface area contributed by atoms with Gasteiger partial charge in [0.15, 0.2) is 5.96 Å². The number of esters is 1. The van der Waals surface area contributed by atoms with E-state index in [4.69, 9.17) is 9.47 Å². The third kappa shape index (κ3) is 8.09. The number of amides is 1. The predicted molar refractivity (Wildman–Crippen MR) is 96.5 cm³/mol. The minimum Gasteiger partial charge on any atom is -0.466 e. The molecule has 0 atom stereocenters. The summed E-state index contributed by atoms with van der Waals surface area (Å²) >= 11 is 0. The first-order valence-corrected chi connectivity index (χ1v) is 8.86. The largest absolute Gasteiger partial charge is 0.466 e. The molecule has 0 aliphatic carbocycles. The van der Waals surface area contributed by atoms with Gasteiger partial charge in [0.1, 0.15) is 5.60 Å². The summed E-state index contributed by atoms with van der Waals surface area (Å²) in [5.74, 6) is 0.642. The fraction of sp³-hybridized carbons (Fsp3) is 0.824. The fourth-order valence-electron chi connectivity index (χ4n) is 2.57. The first kappa shape index (κ1) is 21.1. The van der Waals surface area contributed by atoms with Crippen molar-refractivity contribution in [1.82, 2.24) is 15.5 Å². The standard InChI is InChI=1S/C17H32N4O4/c1-6-24-14(22)13-7-11-21(12-8-13)15(18-5)19-9-10-20-16(23)25-17(2,3)4/h13H,6-12H2,1-5H3,(H,18,19)(H,20,23). The van der Waals surface area contributed by atoms with Crippen LogP contribution in [-0.2, 0) is 14.3 Å². The molecular weight excluding hydrogens is 324 g/mol. The Morgan fingerprint density at radius 2 is 1.76 bits per heavy atom. The van der Waals surface area contributed by atoms with E-state index in [0.717, 1.165) is 31.9 Å². The minimum atomic E-state index is -0.503. The first-order valence-electron chi connectivity index (χ1n) is 8.86. The van der Waals surface area contributed by atoms with Crippen molar-refractivity contribution in [1.29, 1.82) is 0 Å². The molecule has 1 heterocycles.